The second kappa shape index (κ2) is 7.92. The van der Waals surface area contributed by atoms with Crippen molar-refractivity contribution in [1.29, 1.82) is 0 Å². The molecule has 0 radical (unpaired) electrons. The Morgan fingerprint density at radius 2 is 1.58 bits per heavy atom. The van der Waals surface area contributed by atoms with Crippen molar-refractivity contribution in [2.45, 2.75) is 33.7 Å². The third kappa shape index (κ3) is 4.25. The molecular formula is C22H29N3O. The van der Waals surface area contributed by atoms with E-state index in [2.05, 4.69) is 48.0 Å². The van der Waals surface area contributed by atoms with Crippen molar-refractivity contribution >= 4 is 17.3 Å². The van der Waals surface area contributed by atoms with Crippen molar-refractivity contribution in [3.8, 4) is 0 Å². The fourth-order valence-electron chi connectivity index (χ4n) is 3.34. The van der Waals surface area contributed by atoms with E-state index < -0.39 is 0 Å². The van der Waals surface area contributed by atoms with Crippen LogP contribution in [0, 0.1) is 13.8 Å². The molecule has 1 aliphatic heterocycles. The van der Waals surface area contributed by atoms with E-state index in [1.165, 1.54) is 11.3 Å². The van der Waals surface area contributed by atoms with Crippen LogP contribution in [0.4, 0.5) is 11.4 Å². The number of anilines is 2. The van der Waals surface area contributed by atoms with Crippen molar-refractivity contribution in [2.24, 2.45) is 0 Å². The fourth-order valence-corrected chi connectivity index (χ4v) is 3.34. The number of carbonyl (C=O) groups is 1. The number of carbonyl (C=O) groups excluding carboxylic acids is 1. The van der Waals surface area contributed by atoms with E-state index in [1.54, 1.807) is 0 Å². The van der Waals surface area contributed by atoms with E-state index in [0.717, 1.165) is 37.4 Å². The van der Waals surface area contributed by atoms with Crippen LogP contribution in [0.2, 0.25) is 0 Å². The van der Waals surface area contributed by atoms with Gasteiger partial charge in [-0.15, -0.1) is 0 Å². The van der Waals surface area contributed by atoms with Crippen LogP contribution in [-0.2, 0) is 0 Å². The lowest BCUT2D eigenvalue weighted by atomic mass is 10.1. The number of aryl methyl sites for hydroxylation is 2. The highest BCUT2D eigenvalue weighted by molar-refractivity contribution is 6.04. The normalized spacial score (nSPS) is 15.3. The molecule has 4 heteroatoms. The van der Waals surface area contributed by atoms with Gasteiger partial charge in [0, 0.05) is 49.2 Å². The number of amides is 1. The number of rotatable bonds is 4. The van der Waals surface area contributed by atoms with Gasteiger partial charge in [0.2, 0.25) is 0 Å². The Hall–Kier alpha value is -2.33. The Kier molecular flexibility index (Phi) is 5.62. The minimum absolute atomic E-state index is 0.0635. The van der Waals surface area contributed by atoms with Crippen molar-refractivity contribution in [3.05, 3.63) is 59.2 Å². The number of hydrogen-bond acceptors (Lipinski definition) is 3. The lowest BCUT2D eigenvalue weighted by Gasteiger charge is -2.38. The first kappa shape index (κ1) is 18.5. The Labute approximate surface area is 156 Å². The van der Waals surface area contributed by atoms with Crippen molar-refractivity contribution in [3.63, 3.8) is 0 Å². The Morgan fingerprint density at radius 3 is 2.15 bits per heavy atom. The highest BCUT2D eigenvalue weighted by Gasteiger charge is 2.19. The maximum Gasteiger partial charge on any atom is 0.255 e. The molecule has 0 unspecified atom stereocenters. The highest BCUT2D eigenvalue weighted by atomic mass is 16.1. The summed E-state index contributed by atoms with van der Waals surface area (Å²) in [6.07, 6.45) is 0. The van der Waals surface area contributed by atoms with E-state index in [0.29, 0.717) is 11.6 Å². The van der Waals surface area contributed by atoms with Crippen LogP contribution in [0.1, 0.15) is 35.3 Å². The van der Waals surface area contributed by atoms with Crippen LogP contribution in [0.5, 0.6) is 0 Å². The van der Waals surface area contributed by atoms with Crippen LogP contribution in [0.3, 0.4) is 0 Å². The predicted molar refractivity (Wildman–Crippen MR) is 109 cm³/mol. The molecule has 0 saturated carbocycles. The van der Waals surface area contributed by atoms with Gasteiger partial charge in [0.15, 0.2) is 0 Å². The predicted octanol–water partition coefficient (Wildman–Crippen LogP) is 4.09. The van der Waals surface area contributed by atoms with Gasteiger partial charge < -0.3 is 10.2 Å². The molecule has 0 spiro atoms. The number of nitrogens with zero attached hydrogens (tertiary/aromatic N) is 2. The molecule has 1 heterocycles. The second-order valence-corrected chi connectivity index (χ2v) is 7.42. The topological polar surface area (TPSA) is 35.6 Å². The average molecular weight is 351 g/mol. The molecular weight excluding hydrogens is 322 g/mol. The van der Waals surface area contributed by atoms with Gasteiger partial charge in [-0.25, -0.2) is 0 Å². The SMILES string of the molecule is Cc1ccc(C(=O)Nc2ccc(N3CCN(C(C)C)CC3)cc2)cc1C. The van der Waals surface area contributed by atoms with Crippen LogP contribution in [-0.4, -0.2) is 43.0 Å². The summed E-state index contributed by atoms with van der Waals surface area (Å²) in [4.78, 5) is 17.4. The lowest BCUT2D eigenvalue weighted by molar-refractivity contribution is 0.102. The molecule has 0 aromatic heterocycles. The molecule has 4 nitrogen and oxygen atoms in total. The molecule has 1 N–H and O–H groups in total. The molecule has 0 aliphatic carbocycles. The summed E-state index contributed by atoms with van der Waals surface area (Å²) in [6, 6.07) is 14.6. The standard InChI is InChI=1S/C22H29N3O/c1-16(2)24-11-13-25(14-12-24)21-9-7-20(8-10-21)23-22(26)19-6-5-17(3)18(4)15-19/h5-10,15-16H,11-14H2,1-4H3,(H,23,26). The summed E-state index contributed by atoms with van der Waals surface area (Å²) >= 11 is 0. The molecule has 138 valence electrons. The van der Waals surface area contributed by atoms with Crippen molar-refractivity contribution in [1.82, 2.24) is 4.90 Å². The lowest BCUT2D eigenvalue weighted by Crippen LogP contribution is -2.48. The first-order valence-corrected chi connectivity index (χ1v) is 9.41. The molecule has 1 amide bonds. The zero-order valence-corrected chi connectivity index (χ0v) is 16.2. The van der Waals surface area contributed by atoms with Crippen LogP contribution >= 0.6 is 0 Å². The minimum Gasteiger partial charge on any atom is -0.369 e. The minimum atomic E-state index is -0.0635. The van der Waals surface area contributed by atoms with E-state index in [1.807, 2.05) is 37.3 Å². The third-order valence-electron chi connectivity index (χ3n) is 5.30. The van der Waals surface area contributed by atoms with Gasteiger partial charge in [0.1, 0.15) is 0 Å². The first-order chi connectivity index (χ1) is 12.4. The van der Waals surface area contributed by atoms with E-state index >= 15 is 0 Å². The summed E-state index contributed by atoms with van der Waals surface area (Å²) in [5, 5.41) is 2.99. The molecule has 1 aliphatic rings. The Morgan fingerprint density at radius 1 is 0.923 bits per heavy atom. The number of nitrogens with one attached hydrogen (secondary N) is 1. The third-order valence-corrected chi connectivity index (χ3v) is 5.30. The summed E-state index contributed by atoms with van der Waals surface area (Å²) in [5.41, 5.74) is 5.08. The van der Waals surface area contributed by atoms with Gasteiger partial charge in [0.05, 0.1) is 0 Å². The van der Waals surface area contributed by atoms with Gasteiger partial charge in [0.25, 0.3) is 5.91 Å². The number of hydrogen-bond donors (Lipinski definition) is 1. The van der Waals surface area contributed by atoms with E-state index in [9.17, 15) is 4.79 Å². The Bertz CT molecular complexity index is 759. The van der Waals surface area contributed by atoms with E-state index in [4.69, 9.17) is 0 Å². The molecule has 0 atom stereocenters. The monoisotopic (exact) mass is 351 g/mol. The molecule has 2 aromatic rings. The van der Waals surface area contributed by atoms with Crippen molar-refractivity contribution in [2.75, 3.05) is 36.4 Å². The molecule has 2 aromatic carbocycles. The molecule has 0 bridgehead atoms. The smallest absolute Gasteiger partial charge is 0.255 e. The largest absolute Gasteiger partial charge is 0.369 e. The molecule has 1 fully saturated rings. The molecule has 1 saturated heterocycles. The maximum atomic E-state index is 12.4. The maximum absolute atomic E-state index is 12.4. The zero-order chi connectivity index (χ0) is 18.7. The van der Waals surface area contributed by atoms with Gasteiger partial charge in [-0.3, -0.25) is 9.69 Å². The van der Waals surface area contributed by atoms with Crippen LogP contribution in [0.25, 0.3) is 0 Å². The Balaban J connectivity index is 1.61. The van der Waals surface area contributed by atoms with E-state index in [-0.39, 0.29) is 5.91 Å². The zero-order valence-electron chi connectivity index (χ0n) is 16.2. The van der Waals surface area contributed by atoms with Gasteiger partial charge in [-0.05, 0) is 75.2 Å². The van der Waals surface area contributed by atoms with Crippen molar-refractivity contribution < 1.29 is 4.79 Å². The first-order valence-electron chi connectivity index (χ1n) is 9.41. The van der Waals surface area contributed by atoms with Gasteiger partial charge in [-0.1, -0.05) is 6.07 Å². The summed E-state index contributed by atoms with van der Waals surface area (Å²) in [7, 11) is 0. The molecule has 26 heavy (non-hydrogen) atoms. The highest BCUT2D eigenvalue weighted by Crippen LogP contribution is 2.21. The number of piperazine rings is 1. The summed E-state index contributed by atoms with van der Waals surface area (Å²) in [6.45, 7) is 12.9. The summed E-state index contributed by atoms with van der Waals surface area (Å²) in [5.74, 6) is -0.0635. The van der Waals surface area contributed by atoms with Crippen LogP contribution in [0.15, 0.2) is 42.5 Å². The molecule has 3 rings (SSSR count). The average Bonchev–Trinajstić information content (AvgIpc) is 2.64. The summed E-state index contributed by atoms with van der Waals surface area (Å²) < 4.78 is 0. The quantitative estimate of drug-likeness (QED) is 0.901. The van der Waals surface area contributed by atoms with Gasteiger partial charge in [-0.2, -0.15) is 0 Å². The van der Waals surface area contributed by atoms with Crippen LogP contribution < -0.4 is 10.2 Å². The number of benzene rings is 2. The fraction of sp³-hybridized carbons (Fsp3) is 0.409. The second-order valence-electron chi connectivity index (χ2n) is 7.42. The van der Waals surface area contributed by atoms with Gasteiger partial charge >= 0.3 is 0 Å².